The highest BCUT2D eigenvalue weighted by molar-refractivity contribution is 7.07. The first-order valence-corrected chi connectivity index (χ1v) is 8.67. The van der Waals surface area contributed by atoms with Gasteiger partial charge in [-0.2, -0.15) is 11.3 Å². The smallest absolute Gasteiger partial charge is 0.242 e. The minimum absolute atomic E-state index is 0.0306. The summed E-state index contributed by atoms with van der Waals surface area (Å²) in [6, 6.07) is 5.74. The fourth-order valence-electron chi connectivity index (χ4n) is 2.91. The molecular weight excluding hydrogens is 318 g/mol. The number of amides is 1. The van der Waals surface area contributed by atoms with E-state index in [9.17, 15) is 4.79 Å². The standard InChI is InChI=1S/C16H18ClN3OS/c1-11(16(21)19-15-5-4-13(17)9-18-15)20-7-2-3-14(20)12-6-8-22-10-12/h4-6,8-11,14H,2-3,7H2,1H3,(H,18,19,21). The Morgan fingerprint density at radius 1 is 1.50 bits per heavy atom. The van der Waals surface area contributed by atoms with Gasteiger partial charge in [0.05, 0.1) is 11.1 Å². The average Bonchev–Trinajstić information content (AvgIpc) is 3.19. The van der Waals surface area contributed by atoms with Gasteiger partial charge in [0.1, 0.15) is 5.82 Å². The van der Waals surface area contributed by atoms with Crippen LogP contribution in [0.25, 0.3) is 0 Å². The molecule has 116 valence electrons. The van der Waals surface area contributed by atoms with Crippen LogP contribution in [-0.2, 0) is 4.79 Å². The van der Waals surface area contributed by atoms with Crippen molar-refractivity contribution in [2.24, 2.45) is 0 Å². The molecule has 2 aromatic rings. The molecule has 2 atom stereocenters. The van der Waals surface area contributed by atoms with Gasteiger partial charge < -0.3 is 5.32 Å². The fraction of sp³-hybridized carbons (Fsp3) is 0.375. The molecule has 0 aliphatic carbocycles. The van der Waals surface area contributed by atoms with E-state index < -0.39 is 0 Å². The Labute approximate surface area is 139 Å². The predicted molar refractivity (Wildman–Crippen MR) is 90.3 cm³/mol. The molecule has 0 aromatic carbocycles. The van der Waals surface area contributed by atoms with Crippen molar-refractivity contribution < 1.29 is 4.79 Å². The van der Waals surface area contributed by atoms with Crippen molar-refractivity contribution in [2.45, 2.75) is 31.8 Å². The first kappa shape index (κ1) is 15.5. The van der Waals surface area contributed by atoms with E-state index in [-0.39, 0.29) is 11.9 Å². The number of rotatable bonds is 4. The molecule has 3 rings (SSSR count). The Morgan fingerprint density at radius 3 is 3.05 bits per heavy atom. The van der Waals surface area contributed by atoms with Gasteiger partial charge >= 0.3 is 0 Å². The van der Waals surface area contributed by atoms with E-state index in [4.69, 9.17) is 11.6 Å². The number of hydrogen-bond donors (Lipinski definition) is 1. The van der Waals surface area contributed by atoms with Crippen molar-refractivity contribution in [3.63, 3.8) is 0 Å². The quantitative estimate of drug-likeness (QED) is 0.919. The normalized spacial score (nSPS) is 20.0. The molecule has 0 spiro atoms. The molecule has 1 aliphatic heterocycles. The second-order valence-electron chi connectivity index (χ2n) is 5.48. The minimum atomic E-state index is -0.190. The van der Waals surface area contributed by atoms with Crippen LogP contribution in [0.3, 0.4) is 0 Å². The van der Waals surface area contributed by atoms with Crippen LogP contribution in [0.2, 0.25) is 5.02 Å². The van der Waals surface area contributed by atoms with Crippen LogP contribution >= 0.6 is 22.9 Å². The molecule has 1 fully saturated rings. The lowest BCUT2D eigenvalue weighted by Gasteiger charge is -2.29. The third kappa shape index (κ3) is 3.32. The number of hydrogen-bond acceptors (Lipinski definition) is 4. The number of aromatic nitrogens is 1. The SMILES string of the molecule is CC(C(=O)Nc1ccc(Cl)cn1)N1CCCC1c1ccsc1. The van der Waals surface area contributed by atoms with Gasteiger partial charge in [-0.05, 0) is 60.8 Å². The molecule has 1 amide bonds. The number of likely N-dealkylation sites (tertiary alicyclic amines) is 1. The second-order valence-corrected chi connectivity index (χ2v) is 6.70. The molecule has 0 radical (unpaired) electrons. The maximum Gasteiger partial charge on any atom is 0.242 e. The zero-order valence-corrected chi connectivity index (χ0v) is 13.9. The summed E-state index contributed by atoms with van der Waals surface area (Å²) in [4.78, 5) is 18.9. The van der Waals surface area contributed by atoms with Gasteiger partial charge in [0.15, 0.2) is 0 Å². The molecule has 22 heavy (non-hydrogen) atoms. The highest BCUT2D eigenvalue weighted by Gasteiger charge is 2.33. The first-order valence-electron chi connectivity index (χ1n) is 7.35. The summed E-state index contributed by atoms with van der Waals surface area (Å²) in [5.74, 6) is 0.504. The molecule has 1 saturated heterocycles. The van der Waals surface area contributed by atoms with E-state index in [0.717, 1.165) is 19.4 Å². The molecule has 0 bridgehead atoms. The van der Waals surface area contributed by atoms with Gasteiger partial charge in [0.25, 0.3) is 0 Å². The van der Waals surface area contributed by atoms with Crippen molar-refractivity contribution in [1.29, 1.82) is 0 Å². The highest BCUT2D eigenvalue weighted by Crippen LogP contribution is 2.34. The van der Waals surface area contributed by atoms with E-state index in [1.807, 2.05) is 6.92 Å². The van der Waals surface area contributed by atoms with Gasteiger partial charge in [0, 0.05) is 12.2 Å². The Bertz CT molecular complexity index is 629. The highest BCUT2D eigenvalue weighted by atomic mass is 35.5. The molecule has 2 aromatic heterocycles. The van der Waals surface area contributed by atoms with Crippen LogP contribution in [0.1, 0.15) is 31.4 Å². The molecular formula is C16H18ClN3OS. The summed E-state index contributed by atoms with van der Waals surface area (Å²) in [5.41, 5.74) is 1.31. The van der Waals surface area contributed by atoms with Gasteiger partial charge in [-0.1, -0.05) is 11.6 Å². The van der Waals surface area contributed by atoms with Gasteiger partial charge in [-0.15, -0.1) is 0 Å². The van der Waals surface area contributed by atoms with E-state index in [0.29, 0.717) is 16.9 Å². The first-order chi connectivity index (χ1) is 10.6. The zero-order chi connectivity index (χ0) is 15.5. The summed E-state index contributed by atoms with van der Waals surface area (Å²) in [7, 11) is 0. The molecule has 1 aliphatic rings. The predicted octanol–water partition coefficient (Wildman–Crippen LogP) is 3.96. The van der Waals surface area contributed by atoms with E-state index in [1.54, 1.807) is 23.5 Å². The van der Waals surface area contributed by atoms with Crippen LogP contribution in [-0.4, -0.2) is 28.4 Å². The average molecular weight is 336 g/mol. The van der Waals surface area contributed by atoms with Crippen LogP contribution < -0.4 is 5.32 Å². The van der Waals surface area contributed by atoms with Gasteiger partial charge in [-0.3, -0.25) is 9.69 Å². The van der Waals surface area contributed by atoms with Crippen molar-refractivity contribution in [3.8, 4) is 0 Å². The number of pyridine rings is 1. The van der Waals surface area contributed by atoms with Gasteiger partial charge in [-0.25, -0.2) is 4.98 Å². The monoisotopic (exact) mass is 335 g/mol. The molecule has 0 saturated carbocycles. The van der Waals surface area contributed by atoms with Crippen molar-refractivity contribution in [1.82, 2.24) is 9.88 Å². The largest absolute Gasteiger partial charge is 0.309 e. The van der Waals surface area contributed by atoms with Crippen molar-refractivity contribution in [2.75, 3.05) is 11.9 Å². The lowest BCUT2D eigenvalue weighted by atomic mass is 10.1. The molecule has 6 heteroatoms. The number of carbonyl (C=O) groups is 1. The topological polar surface area (TPSA) is 45.2 Å². The van der Waals surface area contributed by atoms with E-state index in [2.05, 4.69) is 32.0 Å². The second kappa shape index (κ2) is 6.77. The summed E-state index contributed by atoms with van der Waals surface area (Å²) >= 11 is 7.51. The number of nitrogens with zero attached hydrogens (tertiary/aromatic N) is 2. The van der Waals surface area contributed by atoms with Crippen molar-refractivity contribution in [3.05, 3.63) is 45.7 Å². The number of anilines is 1. The van der Waals surface area contributed by atoms with Crippen LogP contribution in [0, 0.1) is 0 Å². The Hall–Kier alpha value is -1.43. The summed E-state index contributed by atoms with van der Waals surface area (Å²) in [6.07, 6.45) is 3.76. The van der Waals surface area contributed by atoms with E-state index >= 15 is 0 Å². The maximum absolute atomic E-state index is 12.5. The lowest BCUT2D eigenvalue weighted by molar-refractivity contribution is -0.121. The van der Waals surface area contributed by atoms with Crippen LogP contribution in [0.15, 0.2) is 35.2 Å². The Kier molecular flexibility index (Phi) is 4.76. The maximum atomic E-state index is 12.5. The number of carbonyl (C=O) groups excluding carboxylic acids is 1. The molecule has 3 heterocycles. The fourth-order valence-corrected chi connectivity index (χ4v) is 3.73. The van der Waals surface area contributed by atoms with Crippen LogP contribution in [0.5, 0.6) is 0 Å². The summed E-state index contributed by atoms with van der Waals surface area (Å²) < 4.78 is 0. The van der Waals surface area contributed by atoms with E-state index in [1.165, 1.54) is 11.8 Å². The van der Waals surface area contributed by atoms with Gasteiger partial charge in [0.2, 0.25) is 5.91 Å². The minimum Gasteiger partial charge on any atom is -0.309 e. The lowest BCUT2D eigenvalue weighted by Crippen LogP contribution is -2.41. The summed E-state index contributed by atoms with van der Waals surface area (Å²) in [6.45, 7) is 2.90. The summed E-state index contributed by atoms with van der Waals surface area (Å²) in [5, 5.41) is 7.69. The molecule has 4 nitrogen and oxygen atoms in total. The number of nitrogens with one attached hydrogen (secondary N) is 1. The number of halogens is 1. The number of thiophene rings is 1. The van der Waals surface area contributed by atoms with Crippen molar-refractivity contribution >= 4 is 34.7 Å². The Balaban J connectivity index is 1.68. The molecule has 2 unspecified atom stereocenters. The zero-order valence-electron chi connectivity index (χ0n) is 12.3. The third-order valence-corrected chi connectivity index (χ3v) is 5.00. The Morgan fingerprint density at radius 2 is 2.36 bits per heavy atom. The third-order valence-electron chi connectivity index (χ3n) is 4.08. The molecule has 1 N–H and O–H groups in total. The van der Waals surface area contributed by atoms with Crippen LogP contribution in [0.4, 0.5) is 5.82 Å².